The average molecular weight is 281 g/mol. The first-order valence-corrected chi connectivity index (χ1v) is 7.93. The fraction of sp³-hybridized carbons (Fsp3) is 0.500. The normalized spacial score (nSPS) is 10.2. The van der Waals surface area contributed by atoms with Crippen LogP contribution in [0.3, 0.4) is 0 Å². The lowest BCUT2D eigenvalue weighted by Gasteiger charge is -2.12. The lowest BCUT2D eigenvalue weighted by Crippen LogP contribution is -2.20. The van der Waals surface area contributed by atoms with Crippen molar-refractivity contribution in [2.75, 3.05) is 36.7 Å². The molecule has 4 nitrogen and oxygen atoms in total. The summed E-state index contributed by atoms with van der Waals surface area (Å²) in [7, 11) is 1.63. The van der Waals surface area contributed by atoms with Crippen LogP contribution in [0.2, 0.25) is 0 Å². The van der Waals surface area contributed by atoms with E-state index in [1.807, 2.05) is 17.8 Å². The van der Waals surface area contributed by atoms with Gasteiger partial charge in [0.1, 0.15) is 0 Å². The maximum Gasteiger partial charge on any atom is 0.253 e. The second kappa shape index (κ2) is 8.69. The van der Waals surface area contributed by atoms with Crippen LogP contribution in [0.5, 0.6) is 0 Å². The molecule has 1 rings (SSSR count). The summed E-state index contributed by atoms with van der Waals surface area (Å²) in [6.45, 7) is 0.863. The molecule has 0 aliphatic carbocycles. The molecule has 106 valence electrons. The molecule has 0 saturated heterocycles. The summed E-state index contributed by atoms with van der Waals surface area (Å²) in [5.41, 5.74) is 7.88. The highest BCUT2D eigenvalue weighted by Gasteiger charge is 2.09. The summed E-state index contributed by atoms with van der Waals surface area (Å²) in [6, 6.07) is 5.31. The van der Waals surface area contributed by atoms with Crippen LogP contribution in [0.15, 0.2) is 18.2 Å². The quantitative estimate of drug-likeness (QED) is 0.506. The fourth-order valence-corrected chi connectivity index (χ4v) is 2.30. The van der Waals surface area contributed by atoms with Gasteiger partial charge in [0.25, 0.3) is 5.91 Å². The highest BCUT2D eigenvalue weighted by Crippen LogP contribution is 2.19. The summed E-state index contributed by atoms with van der Waals surface area (Å²) in [6.07, 6.45) is 5.66. The minimum absolute atomic E-state index is 0.0927. The number of nitrogens with one attached hydrogen (secondary N) is 2. The van der Waals surface area contributed by atoms with E-state index in [-0.39, 0.29) is 5.91 Å². The maximum absolute atomic E-state index is 11.7. The molecule has 19 heavy (non-hydrogen) atoms. The van der Waals surface area contributed by atoms with Crippen LogP contribution in [0, 0.1) is 0 Å². The molecule has 0 fully saturated rings. The van der Waals surface area contributed by atoms with E-state index in [9.17, 15) is 4.79 Å². The smallest absolute Gasteiger partial charge is 0.253 e. The van der Waals surface area contributed by atoms with Gasteiger partial charge >= 0.3 is 0 Å². The third-order valence-corrected chi connectivity index (χ3v) is 3.55. The Morgan fingerprint density at radius 2 is 2.11 bits per heavy atom. The van der Waals surface area contributed by atoms with Gasteiger partial charge in [-0.3, -0.25) is 4.79 Å². The van der Waals surface area contributed by atoms with Crippen LogP contribution < -0.4 is 16.4 Å². The zero-order chi connectivity index (χ0) is 14.1. The van der Waals surface area contributed by atoms with E-state index in [4.69, 9.17) is 5.73 Å². The summed E-state index contributed by atoms with van der Waals surface area (Å²) in [5.74, 6) is 1.12. The molecule has 0 radical (unpaired) electrons. The van der Waals surface area contributed by atoms with Crippen molar-refractivity contribution >= 4 is 29.0 Å². The third kappa shape index (κ3) is 5.42. The first-order valence-electron chi connectivity index (χ1n) is 6.53. The van der Waals surface area contributed by atoms with Crippen molar-refractivity contribution in [2.45, 2.75) is 19.3 Å². The van der Waals surface area contributed by atoms with Crippen molar-refractivity contribution in [1.29, 1.82) is 0 Å². The number of hydrogen-bond donors (Lipinski definition) is 3. The molecule has 0 atom stereocenters. The molecule has 0 bridgehead atoms. The number of nitrogen functional groups attached to an aromatic ring is 1. The first-order chi connectivity index (χ1) is 9.19. The third-order valence-electron chi connectivity index (χ3n) is 2.86. The van der Waals surface area contributed by atoms with Gasteiger partial charge in [0.2, 0.25) is 0 Å². The van der Waals surface area contributed by atoms with Crippen LogP contribution in [-0.4, -0.2) is 31.5 Å². The van der Waals surface area contributed by atoms with E-state index in [1.165, 1.54) is 18.6 Å². The summed E-state index contributed by atoms with van der Waals surface area (Å²) in [5, 5.41) is 5.94. The second-order valence-corrected chi connectivity index (χ2v) is 5.35. The molecular weight excluding hydrogens is 258 g/mol. The van der Waals surface area contributed by atoms with Gasteiger partial charge in [-0.05, 0) is 43.0 Å². The highest BCUT2D eigenvalue weighted by atomic mass is 32.2. The van der Waals surface area contributed by atoms with Gasteiger partial charge in [-0.1, -0.05) is 6.42 Å². The van der Waals surface area contributed by atoms with Crippen molar-refractivity contribution in [3.63, 3.8) is 0 Å². The van der Waals surface area contributed by atoms with Crippen molar-refractivity contribution in [1.82, 2.24) is 5.32 Å². The molecular formula is C14H23N3OS. The first kappa shape index (κ1) is 15.7. The Labute approximate surface area is 119 Å². The average Bonchev–Trinajstić information content (AvgIpc) is 2.42. The molecule has 0 aliphatic rings. The number of carbonyl (C=O) groups excluding carboxylic acids is 1. The van der Waals surface area contributed by atoms with E-state index in [0.29, 0.717) is 11.3 Å². The van der Waals surface area contributed by atoms with Crippen LogP contribution in [0.1, 0.15) is 29.6 Å². The van der Waals surface area contributed by atoms with E-state index in [2.05, 4.69) is 16.9 Å². The zero-order valence-corrected chi connectivity index (χ0v) is 12.5. The molecule has 0 aromatic heterocycles. The lowest BCUT2D eigenvalue weighted by molar-refractivity contribution is 0.0964. The molecule has 0 heterocycles. The van der Waals surface area contributed by atoms with Gasteiger partial charge < -0.3 is 16.4 Å². The van der Waals surface area contributed by atoms with Crippen molar-refractivity contribution in [3.05, 3.63) is 23.8 Å². The molecule has 0 unspecified atom stereocenters. The molecule has 1 aromatic rings. The number of amides is 1. The number of nitrogens with two attached hydrogens (primary N) is 1. The summed E-state index contributed by atoms with van der Waals surface area (Å²) in [4.78, 5) is 11.7. The minimum atomic E-state index is -0.0927. The second-order valence-electron chi connectivity index (χ2n) is 4.36. The Hall–Kier alpha value is -1.36. The van der Waals surface area contributed by atoms with Crippen molar-refractivity contribution in [3.8, 4) is 0 Å². The van der Waals surface area contributed by atoms with Crippen LogP contribution in [0.4, 0.5) is 11.4 Å². The van der Waals surface area contributed by atoms with Crippen molar-refractivity contribution in [2.24, 2.45) is 0 Å². The van der Waals surface area contributed by atoms with Gasteiger partial charge in [0.15, 0.2) is 0 Å². The predicted octanol–water partition coefficient (Wildman–Crippen LogP) is 2.57. The van der Waals surface area contributed by atoms with E-state index < -0.39 is 0 Å². The van der Waals surface area contributed by atoms with Crippen LogP contribution in [-0.2, 0) is 0 Å². The number of benzene rings is 1. The number of hydrogen-bond acceptors (Lipinski definition) is 4. The molecule has 5 heteroatoms. The lowest BCUT2D eigenvalue weighted by atomic mass is 10.1. The summed E-state index contributed by atoms with van der Waals surface area (Å²) >= 11 is 1.88. The molecule has 0 spiro atoms. The van der Waals surface area contributed by atoms with Gasteiger partial charge in [-0.2, -0.15) is 11.8 Å². The standard InChI is InChI=1S/C14H23N3OS/c1-16-14(18)12-7-6-11(15)10-13(12)17-8-4-3-5-9-19-2/h6-7,10,17H,3-5,8-9,15H2,1-2H3,(H,16,18). The molecule has 1 aromatic carbocycles. The topological polar surface area (TPSA) is 67.2 Å². The Morgan fingerprint density at radius 3 is 2.79 bits per heavy atom. The maximum atomic E-state index is 11.7. The Balaban J connectivity index is 2.51. The van der Waals surface area contributed by atoms with E-state index in [0.717, 1.165) is 18.7 Å². The van der Waals surface area contributed by atoms with E-state index in [1.54, 1.807) is 19.2 Å². The van der Waals surface area contributed by atoms with Crippen molar-refractivity contribution < 1.29 is 4.79 Å². The largest absolute Gasteiger partial charge is 0.399 e. The van der Waals surface area contributed by atoms with Gasteiger partial charge in [-0.25, -0.2) is 0 Å². The van der Waals surface area contributed by atoms with Crippen LogP contribution in [0.25, 0.3) is 0 Å². The molecule has 1 amide bonds. The number of thioether (sulfide) groups is 1. The Morgan fingerprint density at radius 1 is 1.32 bits per heavy atom. The number of anilines is 2. The monoisotopic (exact) mass is 281 g/mol. The van der Waals surface area contributed by atoms with E-state index >= 15 is 0 Å². The van der Waals surface area contributed by atoms with Gasteiger partial charge in [0.05, 0.1) is 5.56 Å². The highest BCUT2D eigenvalue weighted by molar-refractivity contribution is 7.98. The minimum Gasteiger partial charge on any atom is -0.399 e. The Kier molecular flexibility index (Phi) is 7.18. The molecule has 0 aliphatic heterocycles. The zero-order valence-electron chi connectivity index (χ0n) is 11.7. The number of unbranched alkanes of at least 4 members (excludes halogenated alkanes) is 2. The summed E-state index contributed by atoms with van der Waals surface area (Å²) < 4.78 is 0. The van der Waals surface area contributed by atoms with Crippen LogP contribution >= 0.6 is 11.8 Å². The number of rotatable bonds is 8. The molecule has 4 N–H and O–H groups in total. The fourth-order valence-electron chi connectivity index (χ4n) is 1.81. The number of carbonyl (C=O) groups is 1. The predicted molar refractivity (Wildman–Crippen MR) is 85.0 cm³/mol. The molecule has 0 saturated carbocycles. The SMILES string of the molecule is CNC(=O)c1ccc(N)cc1NCCCCCSC. The Bertz CT molecular complexity index is 410. The van der Waals surface area contributed by atoms with Gasteiger partial charge in [0, 0.05) is 25.0 Å². The van der Waals surface area contributed by atoms with Gasteiger partial charge in [-0.15, -0.1) is 0 Å².